The van der Waals surface area contributed by atoms with Gasteiger partial charge in [-0.2, -0.15) is 0 Å². The lowest BCUT2D eigenvalue weighted by molar-refractivity contribution is 0.549. The second-order valence-electron chi connectivity index (χ2n) is 5.66. The normalized spacial score (nSPS) is 12.5. The zero-order valence-corrected chi connectivity index (χ0v) is 13.5. The van der Waals surface area contributed by atoms with Gasteiger partial charge in [-0.3, -0.25) is 4.99 Å². The summed E-state index contributed by atoms with van der Waals surface area (Å²) in [6.45, 7) is 9.11. The minimum Gasteiger partial charge on any atom is -0.544 e. The molecule has 4 nitrogen and oxygen atoms in total. The molecule has 1 aromatic heterocycles. The molecule has 0 aliphatic heterocycles. The Labute approximate surface area is 121 Å². The Balaban J connectivity index is 2.16. The Hall–Kier alpha value is -1.88. The summed E-state index contributed by atoms with van der Waals surface area (Å²) < 4.78 is 6.10. The molecule has 0 amide bonds. The summed E-state index contributed by atoms with van der Waals surface area (Å²) in [5, 5.41) is 0. The topological polar surface area (TPSA) is 50.3 Å². The smallest absolute Gasteiger partial charge is 0.242 e. The van der Waals surface area contributed by atoms with Crippen LogP contribution < -0.4 is 4.43 Å². The molecule has 0 saturated carbocycles. The maximum atomic E-state index is 6.10. The fourth-order valence-corrected chi connectivity index (χ4v) is 2.66. The Kier molecular flexibility index (Phi) is 4.39. The van der Waals surface area contributed by atoms with Gasteiger partial charge in [-0.1, -0.05) is 18.2 Å². The first kappa shape index (κ1) is 14.5. The van der Waals surface area contributed by atoms with Crippen molar-refractivity contribution in [2.75, 3.05) is 0 Å². The molecular formula is C15H21N3OSi. The molecule has 0 saturated heterocycles. The lowest BCUT2D eigenvalue weighted by Gasteiger charge is -2.21. The van der Waals surface area contributed by atoms with E-state index in [4.69, 9.17) is 4.43 Å². The van der Waals surface area contributed by atoms with E-state index in [1.807, 2.05) is 25.1 Å². The molecule has 5 heteroatoms. The highest BCUT2D eigenvalue weighted by molar-refractivity contribution is 6.70. The van der Waals surface area contributed by atoms with Gasteiger partial charge in [-0.25, -0.2) is 4.98 Å². The van der Waals surface area contributed by atoms with Crippen molar-refractivity contribution in [1.29, 1.82) is 0 Å². The van der Waals surface area contributed by atoms with E-state index < -0.39 is 8.32 Å². The van der Waals surface area contributed by atoms with Crippen LogP contribution >= 0.6 is 0 Å². The number of hydrogen-bond acceptors (Lipinski definition) is 3. The van der Waals surface area contributed by atoms with Gasteiger partial charge in [-0.05, 0) is 32.6 Å². The summed E-state index contributed by atoms with van der Waals surface area (Å²) in [7, 11) is -1.61. The van der Waals surface area contributed by atoms with Crippen LogP contribution in [-0.4, -0.2) is 24.0 Å². The van der Waals surface area contributed by atoms with Crippen molar-refractivity contribution in [1.82, 2.24) is 9.97 Å². The van der Waals surface area contributed by atoms with Crippen LogP contribution in [0.2, 0.25) is 19.6 Å². The minimum absolute atomic E-state index is 0.604. The average molecular weight is 287 g/mol. The van der Waals surface area contributed by atoms with E-state index in [1.54, 1.807) is 12.4 Å². The molecule has 0 aliphatic rings. The Morgan fingerprint density at radius 2 is 2.05 bits per heavy atom. The predicted octanol–water partition coefficient (Wildman–Crippen LogP) is 3.63. The first-order valence-electron chi connectivity index (χ1n) is 6.73. The highest BCUT2D eigenvalue weighted by Crippen LogP contribution is 2.22. The second kappa shape index (κ2) is 6.05. The number of para-hydroxylation sites is 1. The van der Waals surface area contributed by atoms with Crippen LogP contribution in [0.4, 0.5) is 0 Å². The molecule has 0 aliphatic carbocycles. The van der Waals surface area contributed by atoms with Crippen LogP contribution in [-0.2, 0) is 6.54 Å². The summed E-state index contributed by atoms with van der Waals surface area (Å²) in [5.74, 6) is 1.76. The van der Waals surface area contributed by atoms with Crippen LogP contribution in [0.5, 0.6) is 5.75 Å². The zero-order valence-electron chi connectivity index (χ0n) is 12.5. The molecule has 1 aromatic carbocycles. The number of benzene rings is 1. The van der Waals surface area contributed by atoms with Crippen molar-refractivity contribution in [2.45, 2.75) is 33.1 Å². The van der Waals surface area contributed by atoms with E-state index in [0.29, 0.717) is 6.54 Å². The lowest BCUT2D eigenvalue weighted by atomic mass is 10.2. The number of hydrogen-bond donors (Lipinski definition) is 1. The van der Waals surface area contributed by atoms with Crippen molar-refractivity contribution in [3.05, 3.63) is 48.0 Å². The molecule has 2 rings (SSSR count). The fourth-order valence-electron chi connectivity index (χ4n) is 1.81. The molecule has 1 heterocycles. The quantitative estimate of drug-likeness (QED) is 0.674. The van der Waals surface area contributed by atoms with E-state index in [2.05, 4.69) is 40.7 Å². The zero-order chi connectivity index (χ0) is 14.6. The van der Waals surface area contributed by atoms with Gasteiger partial charge in [0.15, 0.2) is 5.82 Å². The van der Waals surface area contributed by atoms with Gasteiger partial charge in [0, 0.05) is 18.0 Å². The maximum Gasteiger partial charge on any atom is 0.242 e. The van der Waals surface area contributed by atoms with Gasteiger partial charge in [-0.15, -0.1) is 0 Å². The van der Waals surface area contributed by atoms with Gasteiger partial charge in [0.25, 0.3) is 0 Å². The highest BCUT2D eigenvalue weighted by Gasteiger charge is 2.17. The first-order valence-corrected chi connectivity index (χ1v) is 10.1. The van der Waals surface area contributed by atoms with Gasteiger partial charge >= 0.3 is 0 Å². The summed E-state index contributed by atoms with van der Waals surface area (Å²) in [5.41, 5.74) is 2.01. The van der Waals surface area contributed by atoms with E-state index in [-0.39, 0.29) is 0 Å². The SMILES string of the molecule is CC(=NCc1ccccc1O[Si](C)(C)C)c1ncc[nH]1. The van der Waals surface area contributed by atoms with E-state index in [1.165, 1.54) is 0 Å². The number of imidazole rings is 1. The molecule has 0 bridgehead atoms. The van der Waals surface area contributed by atoms with E-state index >= 15 is 0 Å². The van der Waals surface area contributed by atoms with Gasteiger partial charge in [0.2, 0.25) is 8.32 Å². The van der Waals surface area contributed by atoms with Crippen LogP contribution in [0.25, 0.3) is 0 Å². The third-order valence-electron chi connectivity index (χ3n) is 2.72. The standard InChI is InChI=1S/C15H21N3OSi/c1-12(15-16-9-10-17-15)18-11-13-7-5-6-8-14(13)19-20(2,3)4/h5-10H,11H2,1-4H3,(H,16,17). The summed E-state index contributed by atoms with van der Waals surface area (Å²) >= 11 is 0. The van der Waals surface area contributed by atoms with E-state index in [0.717, 1.165) is 22.8 Å². The molecule has 0 atom stereocenters. The van der Waals surface area contributed by atoms with Crippen LogP contribution in [0.1, 0.15) is 18.3 Å². The number of aliphatic imine (C=N–C) groups is 1. The molecule has 106 valence electrons. The van der Waals surface area contributed by atoms with Crippen molar-refractivity contribution < 1.29 is 4.43 Å². The molecule has 0 fully saturated rings. The van der Waals surface area contributed by atoms with Crippen molar-refractivity contribution in [3.63, 3.8) is 0 Å². The van der Waals surface area contributed by atoms with Crippen molar-refractivity contribution in [2.24, 2.45) is 4.99 Å². The fraction of sp³-hybridized carbons (Fsp3) is 0.333. The number of H-pyrrole nitrogens is 1. The third kappa shape index (κ3) is 4.06. The Morgan fingerprint density at radius 3 is 2.70 bits per heavy atom. The predicted molar refractivity (Wildman–Crippen MR) is 84.9 cm³/mol. The molecule has 20 heavy (non-hydrogen) atoms. The Bertz CT molecular complexity index is 585. The van der Waals surface area contributed by atoms with E-state index in [9.17, 15) is 0 Å². The van der Waals surface area contributed by atoms with Crippen LogP contribution in [0.15, 0.2) is 41.7 Å². The monoisotopic (exact) mass is 287 g/mol. The molecule has 1 N–H and O–H groups in total. The van der Waals surface area contributed by atoms with Crippen LogP contribution in [0, 0.1) is 0 Å². The average Bonchev–Trinajstić information content (AvgIpc) is 2.89. The number of aromatic amines is 1. The maximum absolute atomic E-state index is 6.10. The largest absolute Gasteiger partial charge is 0.544 e. The molecule has 0 radical (unpaired) electrons. The molecule has 0 unspecified atom stereocenters. The number of nitrogens with one attached hydrogen (secondary N) is 1. The first-order chi connectivity index (χ1) is 9.46. The highest BCUT2D eigenvalue weighted by atomic mass is 28.4. The number of rotatable bonds is 5. The lowest BCUT2D eigenvalue weighted by Crippen LogP contribution is -2.29. The molecular weight excluding hydrogens is 266 g/mol. The molecule has 2 aromatic rings. The number of nitrogens with zero attached hydrogens (tertiary/aromatic N) is 2. The summed E-state index contributed by atoms with van der Waals surface area (Å²) in [6.07, 6.45) is 3.53. The van der Waals surface area contributed by atoms with Crippen molar-refractivity contribution >= 4 is 14.0 Å². The molecule has 0 spiro atoms. The van der Waals surface area contributed by atoms with Gasteiger partial charge in [0.1, 0.15) is 5.75 Å². The Morgan fingerprint density at radius 1 is 1.30 bits per heavy atom. The summed E-state index contributed by atoms with van der Waals surface area (Å²) in [4.78, 5) is 11.8. The van der Waals surface area contributed by atoms with Crippen molar-refractivity contribution in [3.8, 4) is 5.75 Å². The second-order valence-corrected chi connectivity index (χ2v) is 10.1. The minimum atomic E-state index is -1.61. The van der Waals surface area contributed by atoms with Crippen LogP contribution in [0.3, 0.4) is 0 Å². The van der Waals surface area contributed by atoms with Gasteiger partial charge < -0.3 is 9.41 Å². The third-order valence-corrected chi connectivity index (χ3v) is 3.55. The van der Waals surface area contributed by atoms with Gasteiger partial charge in [0.05, 0.1) is 12.3 Å². The number of aromatic nitrogens is 2. The summed E-state index contributed by atoms with van der Waals surface area (Å²) in [6, 6.07) is 8.10.